The van der Waals surface area contributed by atoms with Gasteiger partial charge in [-0.05, 0) is 43.7 Å². The molecule has 2 fully saturated rings. The van der Waals surface area contributed by atoms with Gasteiger partial charge in [-0.2, -0.15) is 0 Å². The van der Waals surface area contributed by atoms with Gasteiger partial charge in [0.05, 0.1) is 13.2 Å². The maximum Gasteiger partial charge on any atom is 0.273 e. The third-order valence-electron chi connectivity index (χ3n) is 4.84. The zero-order valence-corrected chi connectivity index (χ0v) is 14.1. The molecule has 2 unspecified atom stereocenters. The molecule has 7 nitrogen and oxygen atoms in total. The molecule has 3 heterocycles. The van der Waals surface area contributed by atoms with E-state index in [-0.39, 0.29) is 17.6 Å². The van der Waals surface area contributed by atoms with Gasteiger partial charge in [-0.3, -0.25) is 4.79 Å². The third kappa shape index (κ3) is 3.77. The Labute approximate surface area is 146 Å². The van der Waals surface area contributed by atoms with E-state index in [2.05, 4.69) is 15.8 Å². The Morgan fingerprint density at radius 2 is 2.24 bits per heavy atom. The Morgan fingerprint density at radius 1 is 1.36 bits per heavy atom. The lowest BCUT2D eigenvalue weighted by molar-refractivity contribution is -0.110. The van der Waals surface area contributed by atoms with Crippen LogP contribution in [0.15, 0.2) is 29.4 Å². The highest BCUT2D eigenvalue weighted by Crippen LogP contribution is 2.30. The van der Waals surface area contributed by atoms with Gasteiger partial charge in [-0.1, -0.05) is 5.16 Å². The summed E-state index contributed by atoms with van der Waals surface area (Å²) in [6.07, 6.45) is 3.55. The molecule has 2 N–H and O–H groups in total. The Balaban J connectivity index is 1.31. The molecule has 0 radical (unpaired) electrons. The van der Waals surface area contributed by atoms with Crippen molar-refractivity contribution in [3.8, 4) is 5.75 Å². The van der Waals surface area contributed by atoms with Crippen LogP contribution in [-0.4, -0.2) is 49.6 Å². The Morgan fingerprint density at radius 3 is 2.96 bits per heavy atom. The van der Waals surface area contributed by atoms with Crippen LogP contribution < -0.4 is 15.4 Å². The number of rotatable bonds is 4. The Kier molecular flexibility index (Phi) is 4.59. The first-order valence-electron chi connectivity index (χ1n) is 8.84. The summed E-state index contributed by atoms with van der Waals surface area (Å²) in [5.41, 5.74) is 0.823. The molecule has 3 aliphatic heterocycles. The summed E-state index contributed by atoms with van der Waals surface area (Å²) in [7, 11) is 0. The van der Waals surface area contributed by atoms with Crippen molar-refractivity contribution in [3.63, 3.8) is 0 Å². The van der Waals surface area contributed by atoms with Crippen LogP contribution in [0, 0.1) is 0 Å². The van der Waals surface area contributed by atoms with Crippen molar-refractivity contribution in [1.29, 1.82) is 0 Å². The molecule has 1 spiro atoms. The van der Waals surface area contributed by atoms with E-state index in [0.717, 1.165) is 44.7 Å². The second kappa shape index (κ2) is 7.01. The van der Waals surface area contributed by atoms with Crippen LogP contribution in [0.4, 0.5) is 5.69 Å². The van der Waals surface area contributed by atoms with Crippen LogP contribution in [0.3, 0.4) is 0 Å². The quantitative estimate of drug-likeness (QED) is 0.868. The van der Waals surface area contributed by atoms with Gasteiger partial charge in [0.15, 0.2) is 5.60 Å². The molecule has 1 aromatic carbocycles. The fourth-order valence-electron chi connectivity index (χ4n) is 3.43. The second-order valence-corrected chi connectivity index (χ2v) is 6.85. The normalized spacial score (nSPS) is 28.5. The molecule has 7 heteroatoms. The van der Waals surface area contributed by atoms with E-state index in [1.54, 1.807) is 0 Å². The van der Waals surface area contributed by atoms with Crippen molar-refractivity contribution >= 4 is 17.3 Å². The van der Waals surface area contributed by atoms with E-state index in [1.807, 2.05) is 24.3 Å². The van der Waals surface area contributed by atoms with Gasteiger partial charge in [0.2, 0.25) is 0 Å². The van der Waals surface area contributed by atoms with E-state index in [9.17, 15) is 4.79 Å². The number of anilines is 1. The predicted octanol–water partition coefficient (Wildman–Crippen LogP) is 1.69. The fraction of sp³-hybridized carbons (Fsp3) is 0.556. The predicted molar refractivity (Wildman–Crippen MR) is 92.9 cm³/mol. The van der Waals surface area contributed by atoms with E-state index >= 15 is 0 Å². The summed E-state index contributed by atoms with van der Waals surface area (Å²) in [4.78, 5) is 18.0. The van der Waals surface area contributed by atoms with Crippen LogP contribution in [-0.2, 0) is 14.4 Å². The molecule has 0 aliphatic carbocycles. The van der Waals surface area contributed by atoms with Crippen LogP contribution in [0.5, 0.6) is 5.75 Å². The van der Waals surface area contributed by atoms with Crippen LogP contribution >= 0.6 is 0 Å². The zero-order chi connectivity index (χ0) is 17.1. The molecular formula is C18H23N3O4. The van der Waals surface area contributed by atoms with Gasteiger partial charge in [0, 0.05) is 25.1 Å². The van der Waals surface area contributed by atoms with Crippen molar-refractivity contribution in [2.24, 2.45) is 5.16 Å². The highest BCUT2D eigenvalue weighted by Gasteiger charge is 2.42. The number of carbonyl (C=O) groups is 1. The summed E-state index contributed by atoms with van der Waals surface area (Å²) < 4.78 is 11.1. The molecule has 4 rings (SSSR count). The first-order valence-corrected chi connectivity index (χ1v) is 8.84. The molecule has 3 aliphatic rings. The van der Waals surface area contributed by atoms with Crippen molar-refractivity contribution < 1.29 is 19.1 Å². The minimum atomic E-state index is -0.341. The number of oxime groups is 1. The highest BCUT2D eigenvalue weighted by molar-refractivity contribution is 6.43. The lowest BCUT2D eigenvalue weighted by Gasteiger charge is -2.30. The van der Waals surface area contributed by atoms with Gasteiger partial charge in [-0.25, -0.2) is 0 Å². The molecule has 0 bridgehead atoms. The van der Waals surface area contributed by atoms with E-state index in [4.69, 9.17) is 14.3 Å². The number of hydrogen-bond donors (Lipinski definition) is 2. The van der Waals surface area contributed by atoms with Crippen LogP contribution in [0.1, 0.15) is 25.7 Å². The zero-order valence-electron chi connectivity index (χ0n) is 14.1. The largest absolute Gasteiger partial charge is 0.488 e. The number of ether oxygens (including phenoxy) is 2. The summed E-state index contributed by atoms with van der Waals surface area (Å²) in [5, 5.41) is 10.2. The highest BCUT2D eigenvalue weighted by atomic mass is 16.7. The molecule has 1 aromatic rings. The number of nitrogens with one attached hydrogen (secondary N) is 2. The lowest BCUT2D eigenvalue weighted by Crippen LogP contribution is -2.46. The number of amides is 1. The van der Waals surface area contributed by atoms with Crippen molar-refractivity contribution in [3.05, 3.63) is 24.3 Å². The first kappa shape index (κ1) is 16.4. The topological polar surface area (TPSA) is 81.2 Å². The summed E-state index contributed by atoms with van der Waals surface area (Å²) in [6.45, 7) is 3.12. The van der Waals surface area contributed by atoms with Crippen molar-refractivity contribution in [2.45, 2.75) is 37.4 Å². The number of carbonyl (C=O) groups excluding carboxylic acids is 1. The maximum absolute atomic E-state index is 12.4. The average Bonchev–Trinajstić information content (AvgIpc) is 3.28. The summed E-state index contributed by atoms with van der Waals surface area (Å²) in [6, 6.07) is 7.37. The third-order valence-corrected chi connectivity index (χ3v) is 4.84. The molecule has 2 saturated heterocycles. The minimum absolute atomic E-state index is 0.116. The number of benzene rings is 1. The van der Waals surface area contributed by atoms with Crippen molar-refractivity contribution in [1.82, 2.24) is 5.32 Å². The first-order chi connectivity index (χ1) is 12.2. The molecule has 0 aromatic heterocycles. The van der Waals surface area contributed by atoms with Crippen LogP contribution in [0.25, 0.3) is 0 Å². The van der Waals surface area contributed by atoms with Gasteiger partial charge in [0.25, 0.3) is 5.91 Å². The molecule has 0 saturated carbocycles. The average molecular weight is 345 g/mol. The summed E-state index contributed by atoms with van der Waals surface area (Å²) >= 11 is 0. The summed E-state index contributed by atoms with van der Waals surface area (Å²) in [5.74, 6) is 0.572. The number of hydrogen-bond acceptors (Lipinski definition) is 6. The van der Waals surface area contributed by atoms with Gasteiger partial charge in [0.1, 0.15) is 17.6 Å². The second-order valence-electron chi connectivity index (χ2n) is 6.85. The smallest absolute Gasteiger partial charge is 0.273 e. The molecule has 2 atom stereocenters. The minimum Gasteiger partial charge on any atom is -0.488 e. The van der Waals surface area contributed by atoms with E-state index in [1.165, 1.54) is 0 Å². The standard InChI is InChI=1S/C18H23N3O4/c22-17(16-10-18(25-21-16)7-1-8-19-12-18)20-13-2-4-14(5-3-13)24-15-6-9-23-11-15/h2-5,15,19H,1,6-12H2,(H,20,22). The molecule has 25 heavy (non-hydrogen) atoms. The molecule has 1 amide bonds. The molecule has 134 valence electrons. The van der Waals surface area contributed by atoms with E-state index < -0.39 is 0 Å². The number of piperidine rings is 1. The lowest BCUT2D eigenvalue weighted by atomic mass is 9.89. The van der Waals surface area contributed by atoms with Gasteiger partial charge in [-0.15, -0.1) is 0 Å². The van der Waals surface area contributed by atoms with Crippen molar-refractivity contribution in [2.75, 3.05) is 31.6 Å². The Hall–Kier alpha value is -2.12. The van der Waals surface area contributed by atoms with Crippen LogP contribution in [0.2, 0.25) is 0 Å². The number of nitrogens with zero attached hydrogens (tertiary/aromatic N) is 1. The molecular weight excluding hydrogens is 322 g/mol. The maximum atomic E-state index is 12.4. The van der Waals surface area contributed by atoms with Gasteiger partial charge >= 0.3 is 0 Å². The SMILES string of the molecule is O=C(Nc1ccc(OC2CCOC2)cc1)C1=NOC2(CCCNC2)C1. The monoisotopic (exact) mass is 345 g/mol. The van der Waals surface area contributed by atoms with E-state index in [0.29, 0.717) is 24.4 Å². The Bertz CT molecular complexity index is 647. The fourth-order valence-corrected chi connectivity index (χ4v) is 3.43. The van der Waals surface area contributed by atoms with Gasteiger partial charge < -0.3 is 24.9 Å².